The minimum absolute atomic E-state index is 0.569. The Morgan fingerprint density at radius 2 is 2.29 bits per heavy atom. The van der Waals surface area contributed by atoms with Gasteiger partial charge in [0, 0.05) is 31.7 Å². The molecule has 90 valence electrons. The lowest BCUT2D eigenvalue weighted by molar-refractivity contribution is 0.305. The molecular weight excluding hydrogens is 214 g/mol. The molecule has 0 bridgehead atoms. The van der Waals surface area contributed by atoms with Gasteiger partial charge in [-0.2, -0.15) is 5.10 Å². The Labute approximate surface area is 101 Å². The molecule has 0 saturated carbocycles. The Kier molecular flexibility index (Phi) is 3.72. The fourth-order valence-electron chi connectivity index (χ4n) is 1.66. The van der Waals surface area contributed by atoms with E-state index in [-0.39, 0.29) is 0 Å². The monoisotopic (exact) mass is 231 g/mol. The third-order valence-electron chi connectivity index (χ3n) is 2.55. The minimum atomic E-state index is 0.569. The van der Waals surface area contributed by atoms with Crippen molar-refractivity contribution in [2.75, 3.05) is 19.3 Å². The predicted molar refractivity (Wildman–Crippen MR) is 67.2 cm³/mol. The highest BCUT2D eigenvalue weighted by molar-refractivity contribution is 5.23. The van der Waals surface area contributed by atoms with Crippen LogP contribution in [0, 0.1) is 0 Å². The maximum atomic E-state index is 5.55. The number of nitrogen functional groups attached to an aromatic ring is 1. The second-order valence-corrected chi connectivity index (χ2v) is 4.10. The van der Waals surface area contributed by atoms with E-state index in [9.17, 15) is 0 Å². The molecule has 2 heterocycles. The van der Waals surface area contributed by atoms with Crippen molar-refractivity contribution in [3.8, 4) is 0 Å². The minimum Gasteiger partial charge on any atom is -0.382 e. The quantitative estimate of drug-likeness (QED) is 0.833. The summed E-state index contributed by atoms with van der Waals surface area (Å²) < 4.78 is 1.86. The highest BCUT2D eigenvalue weighted by Crippen LogP contribution is 2.01. The molecule has 0 unspecified atom stereocenters. The fourth-order valence-corrected chi connectivity index (χ4v) is 1.66. The van der Waals surface area contributed by atoms with Crippen molar-refractivity contribution in [2.24, 2.45) is 0 Å². The van der Waals surface area contributed by atoms with Crippen LogP contribution < -0.4 is 5.73 Å². The summed E-state index contributed by atoms with van der Waals surface area (Å²) in [6.45, 7) is 2.66. The second kappa shape index (κ2) is 5.45. The van der Waals surface area contributed by atoms with Crippen molar-refractivity contribution in [3.05, 3.63) is 42.4 Å². The lowest BCUT2D eigenvalue weighted by Crippen LogP contribution is -2.23. The molecular formula is C12H17N5. The van der Waals surface area contributed by atoms with E-state index in [1.807, 2.05) is 23.1 Å². The van der Waals surface area contributed by atoms with Crippen LogP contribution in [0.5, 0.6) is 0 Å². The smallest absolute Gasteiger partial charge is 0.145 e. The van der Waals surface area contributed by atoms with Crippen LogP contribution in [0.4, 0.5) is 5.82 Å². The van der Waals surface area contributed by atoms with Gasteiger partial charge < -0.3 is 10.6 Å². The first-order valence-electron chi connectivity index (χ1n) is 5.60. The van der Waals surface area contributed by atoms with Crippen LogP contribution in [0.1, 0.15) is 5.56 Å². The average molecular weight is 231 g/mol. The van der Waals surface area contributed by atoms with E-state index >= 15 is 0 Å². The van der Waals surface area contributed by atoms with Gasteiger partial charge in [-0.3, -0.25) is 9.67 Å². The lowest BCUT2D eigenvalue weighted by Gasteiger charge is -2.16. The van der Waals surface area contributed by atoms with Gasteiger partial charge in [0.2, 0.25) is 0 Å². The van der Waals surface area contributed by atoms with Crippen molar-refractivity contribution < 1.29 is 0 Å². The standard InChI is InChI=1S/C12H17N5/c1-16(10-11-3-2-5-14-9-11)7-8-17-6-4-12(13)15-17/h2-6,9H,7-8,10H2,1H3,(H2,13,15). The molecule has 17 heavy (non-hydrogen) atoms. The van der Waals surface area contributed by atoms with Crippen molar-refractivity contribution in [3.63, 3.8) is 0 Å². The van der Waals surface area contributed by atoms with Crippen molar-refractivity contribution in [2.45, 2.75) is 13.1 Å². The first kappa shape index (κ1) is 11.6. The number of likely N-dealkylation sites (N-methyl/N-ethyl adjacent to an activating group) is 1. The summed E-state index contributed by atoms with van der Waals surface area (Å²) in [6, 6.07) is 5.84. The highest BCUT2D eigenvalue weighted by Gasteiger charge is 2.01. The molecule has 0 aromatic carbocycles. The summed E-state index contributed by atoms with van der Waals surface area (Å²) in [6.07, 6.45) is 5.58. The molecule has 2 aromatic heterocycles. The van der Waals surface area contributed by atoms with Gasteiger partial charge in [0.1, 0.15) is 5.82 Å². The van der Waals surface area contributed by atoms with Crippen molar-refractivity contribution in [1.29, 1.82) is 0 Å². The highest BCUT2D eigenvalue weighted by atomic mass is 15.3. The molecule has 5 nitrogen and oxygen atoms in total. The third kappa shape index (κ3) is 3.57. The van der Waals surface area contributed by atoms with Crippen LogP contribution in [0.15, 0.2) is 36.8 Å². The summed E-state index contributed by atoms with van der Waals surface area (Å²) in [5, 5.41) is 4.15. The zero-order valence-electron chi connectivity index (χ0n) is 9.95. The largest absolute Gasteiger partial charge is 0.382 e. The summed E-state index contributed by atoms with van der Waals surface area (Å²) in [7, 11) is 2.08. The predicted octanol–water partition coefficient (Wildman–Crippen LogP) is 0.992. The van der Waals surface area contributed by atoms with Crippen LogP contribution in [0.25, 0.3) is 0 Å². The molecule has 0 fully saturated rings. The van der Waals surface area contributed by atoms with Gasteiger partial charge in [-0.05, 0) is 24.7 Å². The zero-order chi connectivity index (χ0) is 12.1. The first-order valence-corrected chi connectivity index (χ1v) is 5.60. The number of hydrogen-bond donors (Lipinski definition) is 1. The molecule has 2 rings (SSSR count). The van der Waals surface area contributed by atoms with Gasteiger partial charge in [0.25, 0.3) is 0 Å². The van der Waals surface area contributed by atoms with E-state index < -0.39 is 0 Å². The summed E-state index contributed by atoms with van der Waals surface area (Å²) >= 11 is 0. The number of nitrogens with zero attached hydrogens (tertiary/aromatic N) is 4. The van der Waals surface area contributed by atoms with E-state index in [0.29, 0.717) is 5.82 Å². The van der Waals surface area contributed by atoms with Crippen LogP contribution in [-0.2, 0) is 13.1 Å². The van der Waals surface area contributed by atoms with Gasteiger partial charge in [-0.25, -0.2) is 0 Å². The molecule has 0 amide bonds. The molecule has 0 aliphatic carbocycles. The summed E-state index contributed by atoms with van der Waals surface area (Å²) in [5.74, 6) is 0.569. The zero-order valence-corrected chi connectivity index (χ0v) is 9.95. The van der Waals surface area contributed by atoms with Crippen LogP contribution in [0.2, 0.25) is 0 Å². The number of aromatic nitrogens is 3. The Morgan fingerprint density at radius 3 is 2.94 bits per heavy atom. The van der Waals surface area contributed by atoms with Crippen LogP contribution in [0.3, 0.4) is 0 Å². The Balaban J connectivity index is 1.80. The van der Waals surface area contributed by atoms with Gasteiger partial charge in [0.05, 0.1) is 6.54 Å². The molecule has 0 atom stereocenters. The van der Waals surface area contributed by atoms with E-state index in [2.05, 4.69) is 28.1 Å². The number of nitrogens with two attached hydrogens (primary N) is 1. The lowest BCUT2D eigenvalue weighted by atomic mass is 10.3. The maximum absolute atomic E-state index is 5.55. The number of rotatable bonds is 5. The van der Waals surface area contributed by atoms with E-state index in [1.165, 1.54) is 5.56 Å². The Hall–Kier alpha value is -1.88. The van der Waals surface area contributed by atoms with E-state index in [0.717, 1.165) is 19.6 Å². The van der Waals surface area contributed by atoms with Gasteiger partial charge in [-0.15, -0.1) is 0 Å². The molecule has 0 aliphatic heterocycles. The third-order valence-corrected chi connectivity index (χ3v) is 2.55. The average Bonchev–Trinajstić information content (AvgIpc) is 2.74. The molecule has 0 saturated heterocycles. The van der Waals surface area contributed by atoms with Gasteiger partial charge in [-0.1, -0.05) is 6.07 Å². The SMILES string of the molecule is CN(CCn1ccc(N)n1)Cc1cccnc1. The molecule has 2 N–H and O–H groups in total. The molecule has 0 spiro atoms. The van der Waals surface area contributed by atoms with Crippen LogP contribution >= 0.6 is 0 Å². The molecule has 0 aliphatic rings. The Morgan fingerprint density at radius 1 is 1.41 bits per heavy atom. The summed E-state index contributed by atoms with van der Waals surface area (Å²) in [5.41, 5.74) is 6.77. The maximum Gasteiger partial charge on any atom is 0.145 e. The Bertz CT molecular complexity index is 451. The normalized spacial score (nSPS) is 10.9. The molecule has 0 radical (unpaired) electrons. The van der Waals surface area contributed by atoms with Gasteiger partial charge in [0.15, 0.2) is 0 Å². The first-order chi connectivity index (χ1) is 8.24. The molecule has 5 heteroatoms. The fraction of sp³-hybridized carbons (Fsp3) is 0.333. The second-order valence-electron chi connectivity index (χ2n) is 4.10. The van der Waals surface area contributed by atoms with Crippen LogP contribution in [-0.4, -0.2) is 33.3 Å². The topological polar surface area (TPSA) is 60.0 Å². The number of pyridine rings is 1. The van der Waals surface area contributed by atoms with E-state index in [1.54, 1.807) is 12.3 Å². The molecule has 2 aromatic rings. The van der Waals surface area contributed by atoms with E-state index in [4.69, 9.17) is 5.73 Å². The number of anilines is 1. The summed E-state index contributed by atoms with van der Waals surface area (Å²) in [4.78, 5) is 6.33. The van der Waals surface area contributed by atoms with Crippen molar-refractivity contribution >= 4 is 5.82 Å². The number of hydrogen-bond acceptors (Lipinski definition) is 4. The van der Waals surface area contributed by atoms with Crippen molar-refractivity contribution in [1.82, 2.24) is 19.7 Å². The van der Waals surface area contributed by atoms with Gasteiger partial charge >= 0.3 is 0 Å².